The average Bonchev–Trinajstić information content (AvgIpc) is 3.22. The minimum Gasteiger partial charge on any atom is -0.195 e. The van der Waals surface area contributed by atoms with Crippen molar-refractivity contribution in [1.29, 1.82) is 0 Å². The largest absolute Gasteiger partial charge is 1.00 e. The maximum Gasteiger partial charge on any atom is 1.00 e. The number of rotatable bonds is 8. The van der Waals surface area contributed by atoms with Crippen molar-refractivity contribution in [1.82, 2.24) is 0 Å². The molecular formula is C48H40B2K2Na2+2. The zero-order valence-electron chi connectivity index (χ0n) is 32.2. The van der Waals surface area contributed by atoms with Gasteiger partial charge >= 0.3 is 162 Å². The second-order valence-corrected chi connectivity index (χ2v) is 13.0. The second-order valence-electron chi connectivity index (χ2n) is 13.0. The molecule has 0 saturated carbocycles. The standard InChI is InChI=1S/2C24H20B.2K.2Na/c2*1-5-13-21(14-6-1)25(22-15-7-2-8-16-22,23-17-9-3-10-18-23)24-19-11-4-12-20-24;;;;/h2*1-20H;;;;/q2*-1;4*+1. The third kappa shape index (κ3) is 10.4. The molecule has 8 rings (SSSR count). The van der Waals surface area contributed by atoms with E-state index in [1.54, 1.807) is 0 Å². The van der Waals surface area contributed by atoms with Gasteiger partial charge in [0.15, 0.2) is 0 Å². The van der Waals surface area contributed by atoms with E-state index in [0.717, 1.165) is 0 Å². The molecular weight excluding hydrogens is 722 g/mol. The molecule has 0 atom stereocenters. The smallest absolute Gasteiger partial charge is 0.195 e. The third-order valence-corrected chi connectivity index (χ3v) is 10.4. The van der Waals surface area contributed by atoms with Crippen molar-refractivity contribution in [2.75, 3.05) is 0 Å². The minimum atomic E-state index is -1.22. The molecule has 0 heterocycles. The van der Waals surface area contributed by atoms with Crippen LogP contribution in [0.4, 0.5) is 0 Å². The van der Waals surface area contributed by atoms with E-state index in [0.29, 0.717) is 0 Å². The van der Waals surface area contributed by atoms with E-state index in [-0.39, 0.29) is 162 Å². The van der Waals surface area contributed by atoms with Crippen LogP contribution in [0.25, 0.3) is 0 Å². The van der Waals surface area contributed by atoms with Crippen molar-refractivity contribution in [2.45, 2.75) is 0 Å². The first-order chi connectivity index (χ1) is 24.8. The Balaban J connectivity index is 0.000000270. The summed E-state index contributed by atoms with van der Waals surface area (Å²) in [6.45, 7) is 0. The third-order valence-electron chi connectivity index (χ3n) is 10.4. The predicted octanol–water partition coefficient (Wildman–Crippen LogP) is -5.86. The van der Waals surface area contributed by atoms with Crippen molar-refractivity contribution < 1.29 is 162 Å². The Bertz CT molecular complexity index is 1690. The van der Waals surface area contributed by atoms with Gasteiger partial charge in [-0.3, -0.25) is 0 Å². The molecule has 8 aromatic rings. The van der Waals surface area contributed by atoms with E-state index in [4.69, 9.17) is 0 Å². The van der Waals surface area contributed by atoms with Crippen LogP contribution >= 0.6 is 0 Å². The van der Waals surface area contributed by atoms with Gasteiger partial charge in [0.2, 0.25) is 0 Å². The fourth-order valence-corrected chi connectivity index (χ4v) is 8.24. The number of benzene rings is 8. The van der Waals surface area contributed by atoms with Crippen LogP contribution in [0.15, 0.2) is 243 Å². The van der Waals surface area contributed by atoms with Gasteiger partial charge in [0, 0.05) is 0 Å². The van der Waals surface area contributed by atoms with Crippen LogP contribution in [0, 0.1) is 0 Å². The Kier molecular flexibility index (Phi) is 21.3. The summed E-state index contributed by atoms with van der Waals surface area (Å²) in [7, 11) is 0. The van der Waals surface area contributed by atoms with Crippen molar-refractivity contribution in [3.63, 3.8) is 0 Å². The summed E-state index contributed by atoms with van der Waals surface area (Å²) in [5, 5.41) is 0. The van der Waals surface area contributed by atoms with Crippen LogP contribution in [-0.2, 0) is 0 Å². The predicted molar refractivity (Wildman–Crippen MR) is 220 cm³/mol. The van der Waals surface area contributed by atoms with E-state index >= 15 is 0 Å². The first-order valence-corrected chi connectivity index (χ1v) is 17.6. The monoisotopic (exact) mass is 762 g/mol. The van der Waals surface area contributed by atoms with Crippen LogP contribution in [0.1, 0.15) is 0 Å². The molecule has 0 saturated heterocycles. The minimum absolute atomic E-state index is 0. The van der Waals surface area contributed by atoms with Gasteiger partial charge in [-0.2, -0.15) is 43.7 Å². The quantitative estimate of drug-likeness (QED) is 0.136. The van der Waals surface area contributed by atoms with E-state index in [9.17, 15) is 0 Å². The molecule has 240 valence electrons. The average molecular weight is 763 g/mol. The second kappa shape index (κ2) is 24.2. The molecule has 0 spiro atoms. The van der Waals surface area contributed by atoms with Crippen LogP contribution in [0.3, 0.4) is 0 Å². The van der Waals surface area contributed by atoms with E-state index < -0.39 is 12.3 Å². The maximum absolute atomic E-state index is 2.26. The summed E-state index contributed by atoms with van der Waals surface area (Å²) in [5.41, 5.74) is 10.7. The van der Waals surface area contributed by atoms with Gasteiger partial charge < -0.3 is 0 Å². The van der Waals surface area contributed by atoms with E-state index in [1.807, 2.05) is 0 Å². The fraction of sp³-hybridized carbons (Fsp3) is 0. The first-order valence-electron chi connectivity index (χ1n) is 17.6. The molecule has 6 heteroatoms. The van der Waals surface area contributed by atoms with Crippen LogP contribution < -0.4 is 206 Å². The summed E-state index contributed by atoms with van der Waals surface area (Å²) in [5.74, 6) is 0. The molecule has 0 N–H and O–H groups in total. The van der Waals surface area contributed by atoms with E-state index in [1.165, 1.54) is 43.7 Å². The molecule has 0 unspecified atom stereocenters. The van der Waals surface area contributed by atoms with Gasteiger partial charge in [0.05, 0.1) is 0 Å². The molecule has 0 aliphatic rings. The summed E-state index contributed by atoms with van der Waals surface area (Å²) < 4.78 is 0. The SMILES string of the molecule is [K+].[K+].[Na+].[Na+].c1ccc([B-](c2ccccc2)(c2ccccc2)c2ccccc2)cc1.c1ccc([B-](c2ccccc2)(c2ccccc2)c2ccccc2)cc1. The zero-order valence-corrected chi connectivity index (χ0v) is 42.5. The van der Waals surface area contributed by atoms with Gasteiger partial charge in [-0.15, -0.1) is 0 Å². The molecule has 0 aliphatic carbocycles. The molecule has 8 aromatic carbocycles. The molecule has 0 nitrogen and oxygen atoms in total. The fourth-order valence-electron chi connectivity index (χ4n) is 8.24. The normalized spacial score (nSPS) is 10.4. The maximum atomic E-state index is 2.26. The van der Waals surface area contributed by atoms with Crippen molar-refractivity contribution in [3.8, 4) is 0 Å². The number of hydrogen-bond acceptors (Lipinski definition) is 0. The molecule has 0 bridgehead atoms. The molecule has 0 aliphatic heterocycles. The molecule has 0 fully saturated rings. The number of hydrogen-bond donors (Lipinski definition) is 0. The van der Waals surface area contributed by atoms with Gasteiger partial charge in [0.1, 0.15) is 12.3 Å². The first kappa shape index (κ1) is 47.5. The Morgan fingerprint density at radius 3 is 0.352 bits per heavy atom. The Labute approximate surface area is 452 Å². The van der Waals surface area contributed by atoms with Crippen LogP contribution in [0.2, 0.25) is 0 Å². The summed E-state index contributed by atoms with van der Waals surface area (Å²) in [4.78, 5) is 0. The Morgan fingerprint density at radius 2 is 0.259 bits per heavy atom. The topological polar surface area (TPSA) is 0 Å². The van der Waals surface area contributed by atoms with Gasteiger partial charge in [-0.1, -0.05) is 243 Å². The van der Waals surface area contributed by atoms with Gasteiger partial charge in [-0.25, -0.2) is 0 Å². The zero-order chi connectivity index (χ0) is 33.9. The van der Waals surface area contributed by atoms with Crippen molar-refractivity contribution in [2.24, 2.45) is 0 Å². The molecule has 54 heavy (non-hydrogen) atoms. The summed E-state index contributed by atoms with van der Waals surface area (Å²) >= 11 is 0. The van der Waals surface area contributed by atoms with Crippen molar-refractivity contribution in [3.05, 3.63) is 243 Å². The van der Waals surface area contributed by atoms with Crippen LogP contribution in [0.5, 0.6) is 0 Å². The van der Waals surface area contributed by atoms with Gasteiger partial charge in [-0.05, 0) is 0 Å². The molecule has 0 amide bonds. The Morgan fingerprint density at radius 1 is 0.167 bits per heavy atom. The van der Waals surface area contributed by atoms with E-state index in [2.05, 4.69) is 243 Å². The molecule has 0 aromatic heterocycles. The summed E-state index contributed by atoms with van der Waals surface area (Å²) in [6, 6.07) is 87.1. The Hall–Kier alpha value is -0.837. The molecule has 0 radical (unpaired) electrons. The van der Waals surface area contributed by atoms with Crippen molar-refractivity contribution >= 4 is 56.0 Å². The summed E-state index contributed by atoms with van der Waals surface area (Å²) in [6.07, 6.45) is -2.43. The van der Waals surface area contributed by atoms with Crippen LogP contribution in [-0.4, -0.2) is 12.3 Å². The van der Waals surface area contributed by atoms with Gasteiger partial charge in [0.25, 0.3) is 0 Å².